The van der Waals surface area contributed by atoms with Gasteiger partial charge in [0, 0.05) is 58.8 Å². The Morgan fingerprint density at radius 3 is 1.66 bits per heavy atom. The van der Waals surface area contributed by atoms with Gasteiger partial charge in [0.2, 0.25) is 0 Å². The maximum atomic E-state index is 6.51. The molecule has 8 aromatic carbocycles. The zero-order valence-electron chi connectivity index (χ0n) is 30.1. The number of furan rings is 1. The highest BCUT2D eigenvalue weighted by atomic mass is 32.1. The monoisotopic (exact) mass is 733 g/mol. The van der Waals surface area contributed by atoms with Gasteiger partial charge in [0.15, 0.2) is 17.5 Å². The van der Waals surface area contributed by atoms with Crippen molar-refractivity contribution >= 4 is 53.4 Å². The van der Waals surface area contributed by atoms with E-state index in [0.29, 0.717) is 17.5 Å². The highest BCUT2D eigenvalue weighted by Gasteiger charge is 2.19. The van der Waals surface area contributed by atoms with Gasteiger partial charge >= 0.3 is 0 Å². The lowest BCUT2D eigenvalue weighted by Gasteiger charge is -2.11. The van der Waals surface area contributed by atoms with E-state index in [1.54, 1.807) is 0 Å². The number of rotatable bonds is 6. The quantitative estimate of drug-likeness (QED) is 0.171. The number of thiophene rings is 1. The zero-order valence-corrected chi connectivity index (χ0v) is 30.9. The number of hydrogen-bond acceptors (Lipinski definition) is 5. The van der Waals surface area contributed by atoms with E-state index in [1.807, 2.05) is 59.9 Å². The van der Waals surface area contributed by atoms with Crippen molar-refractivity contribution < 1.29 is 4.42 Å². The fourth-order valence-electron chi connectivity index (χ4n) is 7.88. The molecule has 3 heterocycles. The van der Waals surface area contributed by atoms with Crippen LogP contribution >= 0.6 is 11.3 Å². The summed E-state index contributed by atoms with van der Waals surface area (Å²) in [6.07, 6.45) is 0. The lowest BCUT2D eigenvalue weighted by molar-refractivity contribution is 0.670. The first-order valence-corrected chi connectivity index (χ1v) is 19.5. The number of aromatic nitrogens is 3. The Hall–Kier alpha value is -7.21. The fourth-order valence-corrected chi connectivity index (χ4v) is 9.15. The van der Waals surface area contributed by atoms with Crippen LogP contribution in [0.3, 0.4) is 0 Å². The molecule has 0 fully saturated rings. The molecular weight excluding hydrogens is 703 g/mol. The Labute approximate surface area is 327 Å². The zero-order chi connectivity index (χ0) is 37.0. The van der Waals surface area contributed by atoms with Crippen LogP contribution in [0.4, 0.5) is 0 Å². The number of para-hydroxylation sites is 2. The fraction of sp³-hybridized carbons (Fsp3) is 0. The van der Waals surface area contributed by atoms with E-state index in [-0.39, 0.29) is 0 Å². The summed E-state index contributed by atoms with van der Waals surface area (Å²) >= 11 is 1.81. The number of hydrogen-bond donors (Lipinski definition) is 0. The van der Waals surface area contributed by atoms with Crippen LogP contribution in [0.2, 0.25) is 0 Å². The van der Waals surface area contributed by atoms with Crippen LogP contribution in [0.25, 0.3) is 110 Å². The van der Waals surface area contributed by atoms with E-state index in [9.17, 15) is 0 Å². The first-order chi connectivity index (χ1) is 27.7. The molecule has 0 bridgehead atoms. The summed E-state index contributed by atoms with van der Waals surface area (Å²) in [5.41, 5.74) is 11.5. The Morgan fingerprint density at radius 1 is 0.339 bits per heavy atom. The van der Waals surface area contributed by atoms with Crippen LogP contribution < -0.4 is 0 Å². The second-order valence-corrected chi connectivity index (χ2v) is 15.0. The molecule has 0 radical (unpaired) electrons. The molecule has 56 heavy (non-hydrogen) atoms. The average Bonchev–Trinajstić information content (AvgIpc) is 3.85. The van der Waals surface area contributed by atoms with Gasteiger partial charge in [-0.25, -0.2) is 15.0 Å². The smallest absolute Gasteiger partial charge is 0.164 e. The highest BCUT2D eigenvalue weighted by molar-refractivity contribution is 7.26. The SMILES string of the molecule is c1ccc(-c2cccc(-c3nc(-c4ccccc4)nc(-c4ccc5c(c4)sc4c(-c6ccccc6-c6cccc7c6oc6ccccc67)cccc45)n3)c2)cc1. The molecule has 0 unspecified atom stereocenters. The Bertz CT molecular complexity index is 3260. The van der Waals surface area contributed by atoms with Crippen LogP contribution in [0.1, 0.15) is 0 Å². The molecule has 0 saturated carbocycles. The van der Waals surface area contributed by atoms with Gasteiger partial charge in [-0.15, -0.1) is 11.3 Å². The summed E-state index contributed by atoms with van der Waals surface area (Å²) in [4.78, 5) is 15.2. The maximum absolute atomic E-state index is 6.51. The van der Waals surface area contributed by atoms with Crippen LogP contribution in [0.15, 0.2) is 192 Å². The normalized spacial score (nSPS) is 11.6. The van der Waals surface area contributed by atoms with Crippen LogP contribution in [0.5, 0.6) is 0 Å². The van der Waals surface area contributed by atoms with E-state index in [0.717, 1.165) is 60.9 Å². The molecule has 11 aromatic rings. The van der Waals surface area contributed by atoms with Gasteiger partial charge in [0.05, 0.1) is 0 Å². The molecule has 0 N–H and O–H groups in total. The van der Waals surface area contributed by atoms with Crippen molar-refractivity contribution in [1.29, 1.82) is 0 Å². The van der Waals surface area contributed by atoms with E-state index in [2.05, 4.69) is 140 Å². The van der Waals surface area contributed by atoms with Gasteiger partial charge in [-0.05, 0) is 40.5 Å². The molecule has 0 aliphatic rings. The van der Waals surface area contributed by atoms with Crippen LogP contribution in [0, 0.1) is 0 Å². The minimum absolute atomic E-state index is 0.640. The first-order valence-electron chi connectivity index (χ1n) is 18.7. The standard InChI is InChI=1S/C51H31N3OS/c1-3-14-32(15-4-1)34-18-11-19-35(30-34)50-52-49(33-16-5-2-6-17-33)53-51(54-50)36-28-29-40-44-26-13-25-43(48(44)56-46(40)31-36)38-21-8-7-20-37(38)41-23-12-24-42-39-22-9-10-27-45(39)55-47(41)42/h1-31H. The third-order valence-corrected chi connectivity index (χ3v) is 11.8. The number of benzene rings is 8. The first kappa shape index (κ1) is 32.2. The summed E-state index contributed by atoms with van der Waals surface area (Å²) < 4.78 is 8.92. The van der Waals surface area contributed by atoms with Gasteiger partial charge < -0.3 is 4.42 Å². The molecule has 0 amide bonds. The van der Waals surface area contributed by atoms with Crippen molar-refractivity contribution in [2.75, 3.05) is 0 Å². The Morgan fingerprint density at radius 2 is 0.875 bits per heavy atom. The Kier molecular flexibility index (Phi) is 7.64. The summed E-state index contributed by atoms with van der Waals surface area (Å²) in [5.74, 6) is 1.93. The molecule has 0 atom stereocenters. The van der Waals surface area contributed by atoms with Crippen LogP contribution in [-0.4, -0.2) is 15.0 Å². The largest absolute Gasteiger partial charge is 0.455 e. The number of fused-ring (bicyclic) bond motifs is 6. The number of nitrogens with zero attached hydrogens (tertiary/aromatic N) is 3. The summed E-state index contributed by atoms with van der Waals surface area (Å²) in [5, 5.41) is 4.69. The van der Waals surface area contributed by atoms with Crippen molar-refractivity contribution in [1.82, 2.24) is 15.0 Å². The van der Waals surface area contributed by atoms with E-state index in [4.69, 9.17) is 19.4 Å². The predicted molar refractivity (Wildman–Crippen MR) is 233 cm³/mol. The molecule has 5 heteroatoms. The van der Waals surface area contributed by atoms with E-state index in [1.165, 1.54) is 31.3 Å². The van der Waals surface area contributed by atoms with Crippen LogP contribution in [-0.2, 0) is 0 Å². The molecule has 262 valence electrons. The minimum Gasteiger partial charge on any atom is -0.455 e. The summed E-state index contributed by atoms with van der Waals surface area (Å²) in [6.45, 7) is 0. The van der Waals surface area contributed by atoms with Crippen molar-refractivity contribution in [3.8, 4) is 67.5 Å². The molecule has 0 aliphatic heterocycles. The molecule has 0 saturated heterocycles. The molecule has 3 aromatic heterocycles. The van der Waals surface area contributed by atoms with Gasteiger partial charge in [-0.3, -0.25) is 0 Å². The highest BCUT2D eigenvalue weighted by Crippen LogP contribution is 2.45. The van der Waals surface area contributed by atoms with Gasteiger partial charge in [0.25, 0.3) is 0 Å². The second-order valence-electron chi connectivity index (χ2n) is 13.9. The van der Waals surface area contributed by atoms with Gasteiger partial charge in [-0.1, -0.05) is 170 Å². The maximum Gasteiger partial charge on any atom is 0.164 e. The molecule has 11 rings (SSSR count). The van der Waals surface area contributed by atoms with Gasteiger partial charge in [-0.2, -0.15) is 0 Å². The summed E-state index contributed by atoms with van der Waals surface area (Å²) in [7, 11) is 0. The molecule has 4 nitrogen and oxygen atoms in total. The minimum atomic E-state index is 0.640. The lowest BCUT2D eigenvalue weighted by atomic mass is 9.92. The third kappa shape index (κ3) is 5.48. The predicted octanol–water partition coefficient (Wildman–Crippen LogP) is 14.1. The molecule has 0 spiro atoms. The topological polar surface area (TPSA) is 51.8 Å². The Balaban J connectivity index is 1.05. The van der Waals surface area contributed by atoms with Crippen molar-refractivity contribution in [2.45, 2.75) is 0 Å². The molecule has 0 aliphatic carbocycles. The lowest BCUT2D eigenvalue weighted by Crippen LogP contribution is -2.00. The van der Waals surface area contributed by atoms with E-state index < -0.39 is 0 Å². The van der Waals surface area contributed by atoms with Gasteiger partial charge in [0.1, 0.15) is 11.2 Å². The average molecular weight is 734 g/mol. The van der Waals surface area contributed by atoms with Crippen molar-refractivity contribution in [3.05, 3.63) is 188 Å². The second kappa shape index (κ2) is 13.3. The third-order valence-electron chi connectivity index (χ3n) is 10.6. The summed E-state index contributed by atoms with van der Waals surface area (Å²) in [6, 6.07) is 65.6. The molecular formula is C51H31N3OS. The van der Waals surface area contributed by atoms with E-state index >= 15 is 0 Å². The van der Waals surface area contributed by atoms with Crippen molar-refractivity contribution in [2.24, 2.45) is 0 Å². The van der Waals surface area contributed by atoms with Crippen molar-refractivity contribution in [3.63, 3.8) is 0 Å².